The van der Waals surface area contributed by atoms with E-state index in [1.807, 2.05) is 12.3 Å². The molecule has 5 nitrogen and oxygen atoms in total. The molecule has 0 spiro atoms. The van der Waals surface area contributed by atoms with Gasteiger partial charge in [-0.15, -0.1) is 0 Å². The van der Waals surface area contributed by atoms with Crippen molar-refractivity contribution in [3.63, 3.8) is 0 Å². The van der Waals surface area contributed by atoms with Crippen LogP contribution in [0.2, 0.25) is 0 Å². The third-order valence-corrected chi connectivity index (χ3v) is 4.05. The molecule has 1 heterocycles. The molecule has 1 aromatic heterocycles. The second-order valence-electron chi connectivity index (χ2n) is 5.84. The standard InChI is InChI=1S/C18H28FN5/c1-4-20-18(22-10-11-24(3)5-2)21-9-8-14-13-23-17-12-15(19)6-7-16(14)17/h6-7,12-13,23H,4-5,8-11H2,1-3H3,(H2,20,21,22). The molecule has 0 radical (unpaired) electrons. The van der Waals surface area contributed by atoms with Gasteiger partial charge in [0.1, 0.15) is 5.82 Å². The number of fused-ring (bicyclic) bond motifs is 1. The molecule has 0 saturated heterocycles. The number of nitrogens with zero attached hydrogens (tertiary/aromatic N) is 2. The van der Waals surface area contributed by atoms with Gasteiger partial charge in [-0.2, -0.15) is 0 Å². The van der Waals surface area contributed by atoms with E-state index < -0.39 is 0 Å². The summed E-state index contributed by atoms with van der Waals surface area (Å²) in [5.41, 5.74) is 2.02. The minimum absolute atomic E-state index is 0.215. The van der Waals surface area contributed by atoms with Crippen molar-refractivity contribution >= 4 is 16.9 Å². The van der Waals surface area contributed by atoms with Crippen molar-refractivity contribution in [2.45, 2.75) is 20.3 Å². The summed E-state index contributed by atoms with van der Waals surface area (Å²) in [5, 5.41) is 7.70. The number of nitrogens with one attached hydrogen (secondary N) is 3. The molecule has 2 rings (SSSR count). The summed E-state index contributed by atoms with van der Waals surface area (Å²) in [6.07, 6.45) is 2.80. The number of aromatic amines is 1. The molecule has 0 bridgehead atoms. The van der Waals surface area contributed by atoms with Gasteiger partial charge in [-0.3, -0.25) is 4.99 Å². The molecule has 0 aliphatic rings. The van der Waals surface area contributed by atoms with Crippen molar-refractivity contribution in [1.29, 1.82) is 0 Å². The first-order valence-electron chi connectivity index (χ1n) is 8.60. The first kappa shape index (κ1) is 18.3. The molecular formula is C18H28FN5. The first-order valence-corrected chi connectivity index (χ1v) is 8.60. The summed E-state index contributed by atoms with van der Waals surface area (Å²) in [6, 6.07) is 4.86. The lowest BCUT2D eigenvalue weighted by Crippen LogP contribution is -2.38. The second-order valence-corrected chi connectivity index (χ2v) is 5.84. The normalized spacial score (nSPS) is 12.1. The highest BCUT2D eigenvalue weighted by atomic mass is 19.1. The highest BCUT2D eigenvalue weighted by Gasteiger charge is 2.05. The van der Waals surface area contributed by atoms with E-state index in [1.54, 1.807) is 0 Å². The lowest BCUT2D eigenvalue weighted by atomic mass is 10.1. The van der Waals surface area contributed by atoms with Crippen LogP contribution < -0.4 is 10.6 Å². The summed E-state index contributed by atoms with van der Waals surface area (Å²) in [4.78, 5) is 9.95. The monoisotopic (exact) mass is 333 g/mol. The van der Waals surface area contributed by atoms with Gasteiger partial charge in [-0.1, -0.05) is 6.92 Å². The van der Waals surface area contributed by atoms with Gasteiger partial charge >= 0.3 is 0 Å². The number of hydrogen-bond acceptors (Lipinski definition) is 2. The maximum atomic E-state index is 13.2. The Hall–Kier alpha value is -2.08. The summed E-state index contributed by atoms with van der Waals surface area (Å²) >= 11 is 0. The number of hydrogen-bond donors (Lipinski definition) is 3. The molecule has 6 heteroatoms. The van der Waals surface area contributed by atoms with Gasteiger partial charge in [-0.25, -0.2) is 4.39 Å². The Morgan fingerprint density at radius 3 is 2.88 bits per heavy atom. The van der Waals surface area contributed by atoms with Gasteiger partial charge in [0, 0.05) is 36.7 Å². The number of likely N-dealkylation sites (N-methyl/N-ethyl adjacent to an activating group) is 1. The van der Waals surface area contributed by atoms with E-state index in [-0.39, 0.29) is 5.82 Å². The van der Waals surface area contributed by atoms with Gasteiger partial charge in [-0.05, 0) is 50.7 Å². The van der Waals surface area contributed by atoms with E-state index in [9.17, 15) is 4.39 Å². The van der Waals surface area contributed by atoms with Gasteiger partial charge in [0.25, 0.3) is 0 Å². The maximum absolute atomic E-state index is 13.2. The Balaban J connectivity index is 1.88. The van der Waals surface area contributed by atoms with Gasteiger partial charge < -0.3 is 20.5 Å². The Bertz CT molecular complexity index is 664. The van der Waals surface area contributed by atoms with E-state index in [0.717, 1.165) is 56.0 Å². The van der Waals surface area contributed by atoms with E-state index in [1.165, 1.54) is 17.7 Å². The highest BCUT2D eigenvalue weighted by Crippen LogP contribution is 2.19. The molecule has 0 fully saturated rings. The molecule has 0 saturated carbocycles. The molecule has 0 aliphatic heterocycles. The fourth-order valence-corrected chi connectivity index (χ4v) is 2.51. The highest BCUT2D eigenvalue weighted by molar-refractivity contribution is 5.83. The van der Waals surface area contributed by atoms with Crippen molar-refractivity contribution in [2.24, 2.45) is 4.99 Å². The van der Waals surface area contributed by atoms with Crippen molar-refractivity contribution < 1.29 is 4.39 Å². The molecule has 0 unspecified atom stereocenters. The number of halogens is 1. The predicted molar refractivity (Wildman–Crippen MR) is 99.1 cm³/mol. The van der Waals surface area contributed by atoms with Crippen LogP contribution in [0.15, 0.2) is 29.4 Å². The molecule has 2 aromatic rings. The number of guanidine groups is 1. The zero-order chi connectivity index (χ0) is 17.4. The quantitative estimate of drug-likeness (QED) is 0.513. The Morgan fingerprint density at radius 2 is 2.12 bits per heavy atom. The molecule has 1 aromatic carbocycles. The van der Waals surface area contributed by atoms with E-state index in [0.29, 0.717) is 0 Å². The average Bonchev–Trinajstić information content (AvgIpc) is 2.96. The third kappa shape index (κ3) is 5.23. The molecule has 0 atom stereocenters. The van der Waals surface area contributed by atoms with Gasteiger partial charge in [0.15, 0.2) is 5.96 Å². The molecule has 0 amide bonds. The lowest BCUT2D eigenvalue weighted by Gasteiger charge is -2.14. The summed E-state index contributed by atoms with van der Waals surface area (Å²) in [7, 11) is 2.09. The number of aliphatic imine (C=N–C) groups is 1. The van der Waals surface area contributed by atoms with Crippen molar-refractivity contribution in [1.82, 2.24) is 20.5 Å². The fourth-order valence-electron chi connectivity index (χ4n) is 2.51. The van der Waals surface area contributed by atoms with Crippen molar-refractivity contribution in [2.75, 3.05) is 39.8 Å². The fraction of sp³-hybridized carbons (Fsp3) is 0.500. The van der Waals surface area contributed by atoms with Crippen LogP contribution in [0.25, 0.3) is 10.9 Å². The van der Waals surface area contributed by atoms with Crippen LogP contribution in [0.1, 0.15) is 19.4 Å². The van der Waals surface area contributed by atoms with Crippen LogP contribution in [-0.4, -0.2) is 55.6 Å². The number of aromatic nitrogens is 1. The second kappa shape index (κ2) is 9.27. The van der Waals surface area contributed by atoms with Crippen LogP contribution in [0.4, 0.5) is 4.39 Å². The molecule has 0 aliphatic carbocycles. The third-order valence-electron chi connectivity index (χ3n) is 4.05. The summed E-state index contributed by atoms with van der Waals surface area (Å²) in [5.74, 6) is 0.625. The largest absolute Gasteiger partial charge is 0.361 e. The average molecular weight is 333 g/mol. The van der Waals surface area contributed by atoms with Crippen LogP contribution in [0, 0.1) is 5.82 Å². The Labute approximate surface area is 143 Å². The zero-order valence-corrected chi connectivity index (χ0v) is 14.8. The topological polar surface area (TPSA) is 55.5 Å². The minimum Gasteiger partial charge on any atom is -0.361 e. The van der Waals surface area contributed by atoms with Crippen LogP contribution >= 0.6 is 0 Å². The molecule has 24 heavy (non-hydrogen) atoms. The summed E-state index contributed by atoms with van der Waals surface area (Å²) in [6.45, 7) is 8.55. The molecule has 3 N–H and O–H groups in total. The first-order chi connectivity index (χ1) is 11.6. The van der Waals surface area contributed by atoms with E-state index in [2.05, 4.69) is 46.4 Å². The van der Waals surface area contributed by atoms with E-state index >= 15 is 0 Å². The van der Waals surface area contributed by atoms with Crippen molar-refractivity contribution in [3.8, 4) is 0 Å². The Morgan fingerprint density at radius 1 is 1.29 bits per heavy atom. The molecular weight excluding hydrogens is 305 g/mol. The van der Waals surface area contributed by atoms with Gasteiger partial charge in [0.2, 0.25) is 0 Å². The zero-order valence-electron chi connectivity index (χ0n) is 14.8. The van der Waals surface area contributed by atoms with E-state index in [4.69, 9.17) is 0 Å². The smallest absolute Gasteiger partial charge is 0.191 e. The predicted octanol–water partition coefficient (Wildman–Crippen LogP) is 2.36. The van der Waals surface area contributed by atoms with Crippen LogP contribution in [0.5, 0.6) is 0 Å². The number of H-pyrrole nitrogens is 1. The summed E-state index contributed by atoms with van der Waals surface area (Å²) < 4.78 is 13.2. The van der Waals surface area contributed by atoms with Crippen LogP contribution in [0.3, 0.4) is 0 Å². The number of rotatable bonds is 8. The molecule has 132 valence electrons. The van der Waals surface area contributed by atoms with Crippen LogP contribution in [-0.2, 0) is 6.42 Å². The van der Waals surface area contributed by atoms with Crippen molar-refractivity contribution in [3.05, 3.63) is 35.8 Å². The SMILES string of the molecule is CCNC(=NCCN(C)CC)NCCc1c[nH]c2cc(F)ccc12. The van der Waals surface area contributed by atoms with Gasteiger partial charge in [0.05, 0.1) is 6.54 Å². The lowest BCUT2D eigenvalue weighted by molar-refractivity contribution is 0.363. The minimum atomic E-state index is -0.215. The maximum Gasteiger partial charge on any atom is 0.191 e. The Kier molecular flexibility index (Phi) is 7.06. The number of benzene rings is 1.